The van der Waals surface area contributed by atoms with Gasteiger partial charge in [0.25, 0.3) is 0 Å². The SMILES string of the molecule is CC(NCCSc1cc(Cl)ccc1Cl)c1ccccn1. The summed E-state index contributed by atoms with van der Waals surface area (Å²) >= 11 is 13.8. The summed E-state index contributed by atoms with van der Waals surface area (Å²) < 4.78 is 0. The van der Waals surface area contributed by atoms with Crippen molar-refractivity contribution in [3.05, 3.63) is 58.3 Å². The molecule has 0 aliphatic heterocycles. The molecular formula is C15H16Cl2N2S. The van der Waals surface area contributed by atoms with Gasteiger partial charge in [-0.3, -0.25) is 4.98 Å². The molecule has 1 aromatic carbocycles. The second-order valence-electron chi connectivity index (χ2n) is 4.35. The van der Waals surface area contributed by atoms with Crippen LogP contribution in [0.25, 0.3) is 0 Å². The second-order valence-corrected chi connectivity index (χ2v) is 6.33. The first-order valence-electron chi connectivity index (χ1n) is 6.39. The second kappa shape index (κ2) is 7.89. The fourth-order valence-corrected chi connectivity index (χ4v) is 3.13. The highest BCUT2D eigenvalue weighted by atomic mass is 35.5. The highest BCUT2D eigenvalue weighted by Gasteiger charge is 2.06. The highest BCUT2D eigenvalue weighted by Crippen LogP contribution is 2.29. The Bertz CT molecular complexity index is 549. The Morgan fingerprint density at radius 1 is 1.25 bits per heavy atom. The molecule has 0 bridgehead atoms. The molecule has 2 rings (SSSR count). The maximum atomic E-state index is 6.12. The van der Waals surface area contributed by atoms with Crippen LogP contribution < -0.4 is 5.32 Å². The predicted octanol–water partition coefficient (Wildman–Crippen LogP) is 4.83. The summed E-state index contributed by atoms with van der Waals surface area (Å²) in [4.78, 5) is 5.35. The van der Waals surface area contributed by atoms with Crippen molar-refractivity contribution in [1.82, 2.24) is 10.3 Å². The number of hydrogen-bond donors (Lipinski definition) is 1. The van der Waals surface area contributed by atoms with Crippen molar-refractivity contribution >= 4 is 35.0 Å². The number of thioether (sulfide) groups is 1. The lowest BCUT2D eigenvalue weighted by atomic mass is 10.2. The summed E-state index contributed by atoms with van der Waals surface area (Å²) in [6, 6.07) is 11.7. The molecule has 0 radical (unpaired) electrons. The summed E-state index contributed by atoms with van der Waals surface area (Å²) in [6.45, 7) is 2.99. The van der Waals surface area contributed by atoms with Gasteiger partial charge in [-0.1, -0.05) is 29.3 Å². The van der Waals surface area contributed by atoms with Crippen molar-refractivity contribution in [2.45, 2.75) is 17.9 Å². The van der Waals surface area contributed by atoms with Crippen LogP contribution in [0.3, 0.4) is 0 Å². The number of hydrogen-bond acceptors (Lipinski definition) is 3. The lowest BCUT2D eigenvalue weighted by molar-refractivity contribution is 0.586. The Labute approximate surface area is 133 Å². The summed E-state index contributed by atoms with van der Waals surface area (Å²) in [5.74, 6) is 0.928. The number of pyridine rings is 1. The number of rotatable bonds is 6. The van der Waals surface area contributed by atoms with Gasteiger partial charge in [-0.25, -0.2) is 0 Å². The Morgan fingerprint density at radius 2 is 2.10 bits per heavy atom. The Kier molecular flexibility index (Phi) is 6.17. The molecule has 1 heterocycles. The number of nitrogens with zero attached hydrogens (tertiary/aromatic N) is 1. The van der Waals surface area contributed by atoms with E-state index in [1.165, 1.54) is 0 Å². The quantitative estimate of drug-likeness (QED) is 0.607. The van der Waals surface area contributed by atoms with Gasteiger partial charge in [0.05, 0.1) is 10.7 Å². The Hall–Kier alpha value is -0.740. The van der Waals surface area contributed by atoms with Crippen LogP contribution in [0.5, 0.6) is 0 Å². The molecule has 1 N–H and O–H groups in total. The van der Waals surface area contributed by atoms with Crippen LogP contribution in [-0.2, 0) is 0 Å². The van der Waals surface area contributed by atoms with E-state index in [1.807, 2.05) is 36.5 Å². The first-order chi connectivity index (χ1) is 9.66. The molecule has 0 spiro atoms. The molecule has 0 fully saturated rings. The van der Waals surface area contributed by atoms with Crippen LogP contribution in [-0.4, -0.2) is 17.3 Å². The summed E-state index contributed by atoms with van der Waals surface area (Å²) in [5.41, 5.74) is 1.05. The molecule has 1 aromatic heterocycles. The van der Waals surface area contributed by atoms with Crippen molar-refractivity contribution in [3.8, 4) is 0 Å². The van der Waals surface area contributed by atoms with Gasteiger partial charge < -0.3 is 5.32 Å². The summed E-state index contributed by atoms with van der Waals surface area (Å²) in [7, 11) is 0. The van der Waals surface area contributed by atoms with Gasteiger partial charge in [0.2, 0.25) is 0 Å². The molecular weight excluding hydrogens is 311 g/mol. The first-order valence-corrected chi connectivity index (χ1v) is 8.13. The average Bonchev–Trinajstić information content (AvgIpc) is 2.47. The minimum atomic E-state index is 0.242. The lowest BCUT2D eigenvalue weighted by Crippen LogP contribution is -2.22. The van der Waals surface area contributed by atoms with E-state index in [4.69, 9.17) is 23.2 Å². The van der Waals surface area contributed by atoms with Crippen LogP contribution in [0.15, 0.2) is 47.5 Å². The van der Waals surface area contributed by atoms with E-state index in [0.29, 0.717) is 5.02 Å². The highest BCUT2D eigenvalue weighted by molar-refractivity contribution is 7.99. The van der Waals surface area contributed by atoms with Gasteiger partial charge in [-0.15, -0.1) is 11.8 Å². The van der Waals surface area contributed by atoms with Gasteiger partial charge in [-0.05, 0) is 37.3 Å². The van der Waals surface area contributed by atoms with E-state index >= 15 is 0 Å². The van der Waals surface area contributed by atoms with Gasteiger partial charge >= 0.3 is 0 Å². The van der Waals surface area contributed by atoms with Gasteiger partial charge in [0, 0.05) is 34.5 Å². The topological polar surface area (TPSA) is 24.9 Å². The summed E-state index contributed by atoms with van der Waals surface area (Å²) in [5, 5.41) is 4.91. The molecule has 1 unspecified atom stereocenters. The maximum Gasteiger partial charge on any atom is 0.0570 e. The summed E-state index contributed by atoms with van der Waals surface area (Å²) in [6.07, 6.45) is 1.81. The fraction of sp³-hybridized carbons (Fsp3) is 0.267. The minimum Gasteiger partial charge on any atom is -0.308 e. The molecule has 5 heteroatoms. The number of benzene rings is 1. The third-order valence-electron chi connectivity index (χ3n) is 2.83. The van der Waals surface area contributed by atoms with Gasteiger partial charge in [0.15, 0.2) is 0 Å². The molecule has 2 nitrogen and oxygen atoms in total. The zero-order chi connectivity index (χ0) is 14.4. The monoisotopic (exact) mass is 326 g/mol. The van der Waals surface area contributed by atoms with Crippen LogP contribution in [0.1, 0.15) is 18.7 Å². The zero-order valence-corrected chi connectivity index (χ0v) is 13.5. The average molecular weight is 327 g/mol. The van der Waals surface area contributed by atoms with Crippen LogP contribution >= 0.6 is 35.0 Å². The maximum absolute atomic E-state index is 6.12. The normalized spacial score (nSPS) is 12.3. The molecule has 0 aliphatic rings. The first kappa shape index (κ1) is 15.6. The van der Waals surface area contributed by atoms with Crippen molar-refractivity contribution in [2.75, 3.05) is 12.3 Å². The van der Waals surface area contributed by atoms with Crippen molar-refractivity contribution < 1.29 is 0 Å². The number of halogens is 2. The van der Waals surface area contributed by atoms with E-state index in [1.54, 1.807) is 17.8 Å². The van der Waals surface area contributed by atoms with Crippen molar-refractivity contribution in [2.24, 2.45) is 0 Å². The Morgan fingerprint density at radius 3 is 2.85 bits per heavy atom. The molecule has 20 heavy (non-hydrogen) atoms. The standard InChI is InChI=1S/C15H16Cl2N2S/c1-11(14-4-2-3-7-19-14)18-8-9-20-15-10-12(16)5-6-13(15)17/h2-7,10-11,18H,8-9H2,1H3. The molecule has 0 amide bonds. The van der Waals surface area contributed by atoms with Crippen LogP contribution in [0.2, 0.25) is 10.0 Å². The molecule has 0 aliphatic carbocycles. The third-order valence-corrected chi connectivity index (χ3v) is 4.57. The minimum absolute atomic E-state index is 0.242. The van der Waals surface area contributed by atoms with Gasteiger partial charge in [-0.2, -0.15) is 0 Å². The van der Waals surface area contributed by atoms with Crippen LogP contribution in [0.4, 0.5) is 0 Å². The van der Waals surface area contributed by atoms with E-state index < -0.39 is 0 Å². The van der Waals surface area contributed by atoms with Crippen molar-refractivity contribution in [3.63, 3.8) is 0 Å². The molecule has 2 aromatic rings. The van der Waals surface area contributed by atoms with Crippen LogP contribution in [0, 0.1) is 0 Å². The van der Waals surface area contributed by atoms with E-state index in [9.17, 15) is 0 Å². The zero-order valence-electron chi connectivity index (χ0n) is 11.1. The Balaban J connectivity index is 1.78. The van der Waals surface area contributed by atoms with E-state index in [2.05, 4.69) is 17.2 Å². The number of aromatic nitrogens is 1. The number of nitrogens with one attached hydrogen (secondary N) is 1. The molecule has 106 valence electrons. The molecule has 1 atom stereocenters. The third kappa shape index (κ3) is 4.67. The fourth-order valence-electron chi connectivity index (χ4n) is 1.76. The predicted molar refractivity (Wildman–Crippen MR) is 87.8 cm³/mol. The molecule has 0 saturated heterocycles. The van der Waals surface area contributed by atoms with Crippen molar-refractivity contribution in [1.29, 1.82) is 0 Å². The molecule has 0 saturated carbocycles. The smallest absolute Gasteiger partial charge is 0.0570 e. The largest absolute Gasteiger partial charge is 0.308 e. The van der Waals surface area contributed by atoms with E-state index in [-0.39, 0.29) is 6.04 Å². The van der Waals surface area contributed by atoms with Gasteiger partial charge in [0.1, 0.15) is 0 Å². The lowest BCUT2D eigenvalue weighted by Gasteiger charge is -2.13. The van der Waals surface area contributed by atoms with E-state index in [0.717, 1.165) is 27.9 Å².